The molecular weight excluding hydrogens is 440 g/mol. The maximum Gasteiger partial charge on any atom is 0.328 e. The number of hydrogen-bond donors (Lipinski definition) is 0. The van der Waals surface area contributed by atoms with Crippen LogP contribution in [0, 0.1) is 6.92 Å². The highest BCUT2D eigenvalue weighted by atomic mass is 32.2. The molecule has 172 valence electrons. The van der Waals surface area contributed by atoms with Crippen LogP contribution in [0.15, 0.2) is 63.9 Å². The Morgan fingerprint density at radius 1 is 1.18 bits per heavy atom. The molecule has 0 radical (unpaired) electrons. The number of amides is 1. The van der Waals surface area contributed by atoms with Crippen molar-refractivity contribution in [3.63, 3.8) is 0 Å². The average molecular weight is 467 g/mol. The molecule has 1 fully saturated rings. The Bertz CT molecular complexity index is 1110. The number of oxazole rings is 1. The van der Waals surface area contributed by atoms with Crippen molar-refractivity contribution in [2.24, 2.45) is 0 Å². The summed E-state index contributed by atoms with van der Waals surface area (Å²) in [7, 11) is 0. The average Bonchev–Trinajstić information content (AvgIpc) is 3.46. The lowest BCUT2D eigenvalue weighted by molar-refractivity contribution is -0.147. The molecule has 0 spiro atoms. The minimum Gasteiger partial charge on any atom is -0.487 e. The molecule has 8 heteroatoms. The van der Waals surface area contributed by atoms with Gasteiger partial charge in [0.15, 0.2) is 0 Å². The molecule has 4 rings (SSSR count). The van der Waals surface area contributed by atoms with Crippen molar-refractivity contribution in [2.45, 2.75) is 44.2 Å². The second-order valence-corrected chi connectivity index (χ2v) is 8.65. The van der Waals surface area contributed by atoms with E-state index in [1.807, 2.05) is 61.5 Å². The number of benzene rings is 2. The van der Waals surface area contributed by atoms with Crippen molar-refractivity contribution in [3.05, 3.63) is 66.1 Å². The van der Waals surface area contributed by atoms with Gasteiger partial charge in [-0.1, -0.05) is 24.3 Å². The van der Waals surface area contributed by atoms with Gasteiger partial charge in [-0.25, -0.2) is 9.78 Å². The van der Waals surface area contributed by atoms with Gasteiger partial charge in [-0.05, 0) is 68.8 Å². The van der Waals surface area contributed by atoms with Crippen LogP contribution in [0.25, 0.3) is 11.5 Å². The van der Waals surface area contributed by atoms with Gasteiger partial charge in [-0.2, -0.15) is 0 Å². The molecule has 1 atom stereocenters. The van der Waals surface area contributed by atoms with E-state index in [1.54, 1.807) is 11.8 Å². The van der Waals surface area contributed by atoms with Crippen LogP contribution < -0.4 is 4.74 Å². The summed E-state index contributed by atoms with van der Waals surface area (Å²) in [5.41, 5.74) is 1.63. The van der Waals surface area contributed by atoms with Crippen LogP contribution in [0.2, 0.25) is 0 Å². The van der Waals surface area contributed by atoms with Gasteiger partial charge in [0.1, 0.15) is 29.9 Å². The molecule has 0 bridgehead atoms. The van der Waals surface area contributed by atoms with E-state index in [2.05, 4.69) is 4.98 Å². The van der Waals surface area contributed by atoms with Gasteiger partial charge in [0.05, 0.1) is 6.61 Å². The minimum absolute atomic E-state index is 0.164. The van der Waals surface area contributed by atoms with E-state index in [0.717, 1.165) is 34.3 Å². The molecule has 1 unspecified atom stereocenters. The third kappa shape index (κ3) is 5.57. The van der Waals surface area contributed by atoms with Gasteiger partial charge in [-0.15, -0.1) is 0 Å². The summed E-state index contributed by atoms with van der Waals surface area (Å²) in [5.74, 6) is 1.55. The number of carbonyl (C=O) groups is 2. The lowest BCUT2D eigenvalue weighted by atomic mass is 10.2. The molecule has 7 nitrogen and oxygen atoms in total. The number of ether oxygens (including phenoxy) is 2. The molecule has 3 aromatic rings. The largest absolute Gasteiger partial charge is 0.487 e. The molecule has 1 aliphatic rings. The Kier molecular flexibility index (Phi) is 7.34. The second kappa shape index (κ2) is 10.6. The van der Waals surface area contributed by atoms with Crippen LogP contribution in [0.3, 0.4) is 0 Å². The van der Waals surface area contributed by atoms with Gasteiger partial charge >= 0.3 is 5.97 Å². The highest BCUT2D eigenvalue weighted by molar-refractivity contribution is 8.13. The number of likely N-dealkylation sites (tertiary alicyclic amines) is 1. The van der Waals surface area contributed by atoms with Crippen molar-refractivity contribution in [3.8, 4) is 17.2 Å². The van der Waals surface area contributed by atoms with E-state index in [1.165, 1.54) is 0 Å². The number of nitrogens with zero attached hydrogens (tertiary/aromatic N) is 2. The van der Waals surface area contributed by atoms with E-state index in [9.17, 15) is 9.59 Å². The predicted octanol–water partition coefficient (Wildman–Crippen LogP) is 5.47. The zero-order chi connectivity index (χ0) is 23.2. The zero-order valence-corrected chi connectivity index (χ0v) is 19.5. The molecule has 1 aromatic heterocycles. The molecule has 1 saturated heterocycles. The number of esters is 1. The first-order valence-electron chi connectivity index (χ1n) is 10.9. The fourth-order valence-corrected chi connectivity index (χ4v) is 4.53. The Balaban J connectivity index is 1.38. The first-order valence-corrected chi connectivity index (χ1v) is 11.8. The monoisotopic (exact) mass is 466 g/mol. The quantitative estimate of drug-likeness (QED) is 0.337. The Labute approximate surface area is 197 Å². The number of carbonyl (C=O) groups excluding carboxylic acids is 2. The molecule has 2 heterocycles. The summed E-state index contributed by atoms with van der Waals surface area (Å²) in [6.45, 7) is 4.74. The molecule has 33 heavy (non-hydrogen) atoms. The van der Waals surface area contributed by atoms with Crippen molar-refractivity contribution in [2.75, 3.05) is 13.2 Å². The van der Waals surface area contributed by atoms with E-state index in [-0.39, 0.29) is 17.8 Å². The lowest BCUT2D eigenvalue weighted by Gasteiger charge is -2.22. The molecule has 0 N–H and O–H groups in total. The summed E-state index contributed by atoms with van der Waals surface area (Å²) in [4.78, 5) is 31.9. The summed E-state index contributed by atoms with van der Waals surface area (Å²) >= 11 is 1.09. The molecule has 2 aromatic carbocycles. The molecule has 1 amide bonds. The highest BCUT2D eigenvalue weighted by Crippen LogP contribution is 2.30. The van der Waals surface area contributed by atoms with Crippen LogP contribution in [0.4, 0.5) is 4.79 Å². The lowest BCUT2D eigenvalue weighted by Crippen LogP contribution is -2.39. The van der Waals surface area contributed by atoms with Crippen LogP contribution >= 0.6 is 11.8 Å². The van der Waals surface area contributed by atoms with Gasteiger partial charge in [0.2, 0.25) is 5.89 Å². The summed E-state index contributed by atoms with van der Waals surface area (Å²) in [6.07, 6.45) is 1.43. The first kappa shape index (κ1) is 22.9. The van der Waals surface area contributed by atoms with Crippen LogP contribution in [0.5, 0.6) is 5.75 Å². The highest BCUT2D eigenvalue weighted by Gasteiger charge is 2.35. The van der Waals surface area contributed by atoms with Crippen LogP contribution in [-0.4, -0.2) is 40.3 Å². The van der Waals surface area contributed by atoms with E-state index < -0.39 is 6.04 Å². The number of thioether (sulfide) groups is 1. The molecule has 0 saturated carbocycles. The Morgan fingerprint density at radius 2 is 2.00 bits per heavy atom. The minimum atomic E-state index is -0.502. The standard InChI is InChI=1S/C25H26N2O5S/c1-3-30-24(28)22-13-8-14-27(22)25(29)33-20-12-7-11-19(15-20)31-16-21-17(2)32-23(26-21)18-9-5-4-6-10-18/h4-7,9-12,15,22H,3,8,13-14,16H2,1-2H3. The Morgan fingerprint density at radius 3 is 2.79 bits per heavy atom. The van der Waals surface area contributed by atoms with Gasteiger partial charge in [0.25, 0.3) is 5.24 Å². The number of rotatable bonds is 7. The van der Waals surface area contributed by atoms with E-state index in [0.29, 0.717) is 37.0 Å². The van der Waals surface area contributed by atoms with E-state index >= 15 is 0 Å². The summed E-state index contributed by atoms with van der Waals surface area (Å²) < 4.78 is 16.8. The normalized spacial score (nSPS) is 15.5. The van der Waals surface area contributed by atoms with Crippen LogP contribution in [0.1, 0.15) is 31.2 Å². The smallest absolute Gasteiger partial charge is 0.328 e. The van der Waals surface area contributed by atoms with Crippen LogP contribution in [-0.2, 0) is 16.1 Å². The topological polar surface area (TPSA) is 81.9 Å². The van der Waals surface area contributed by atoms with Crippen molar-refractivity contribution in [1.29, 1.82) is 0 Å². The SMILES string of the molecule is CCOC(=O)C1CCCN1C(=O)Sc1cccc(OCc2nc(-c3ccccc3)oc2C)c1. The molecule has 0 aliphatic carbocycles. The first-order chi connectivity index (χ1) is 16.0. The maximum absolute atomic E-state index is 12.8. The zero-order valence-electron chi connectivity index (χ0n) is 18.7. The van der Waals surface area contributed by atoms with Crippen molar-refractivity contribution in [1.82, 2.24) is 9.88 Å². The Hall–Kier alpha value is -3.26. The van der Waals surface area contributed by atoms with Gasteiger partial charge < -0.3 is 18.8 Å². The van der Waals surface area contributed by atoms with E-state index in [4.69, 9.17) is 13.9 Å². The van der Waals surface area contributed by atoms with Gasteiger partial charge in [-0.3, -0.25) is 4.79 Å². The number of aromatic nitrogens is 1. The van der Waals surface area contributed by atoms with Gasteiger partial charge in [0, 0.05) is 17.0 Å². The predicted molar refractivity (Wildman–Crippen MR) is 125 cm³/mol. The molecule has 1 aliphatic heterocycles. The number of aryl methyl sites for hydroxylation is 1. The summed E-state index contributed by atoms with van der Waals surface area (Å²) in [5, 5.41) is -0.164. The van der Waals surface area contributed by atoms with Crippen molar-refractivity contribution < 1.29 is 23.5 Å². The maximum atomic E-state index is 12.8. The second-order valence-electron chi connectivity index (χ2n) is 7.62. The fourth-order valence-electron chi connectivity index (χ4n) is 3.67. The molecular formula is C25H26N2O5S. The third-order valence-electron chi connectivity index (χ3n) is 5.35. The number of hydrogen-bond acceptors (Lipinski definition) is 7. The van der Waals surface area contributed by atoms with Crippen molar-refractivity contribution >= 4 is 23.0 Å². The summed E-state index contributed by atoms with van der Waals surface area (Å²) in [6, 6.07) is 16.5. The fraction of sp³-hybridized carbons (Fsp3) is 0.320. The third-order valence-corrected chi connectivity index (χ3v) is 6.24.